The molecule has 0 amide bonds. The first-order valence-electron chi connectivity index (χ1n) is 4.00. The van der Waals surface area contributed by atoms with Crippen LogP contribution in [0, 0.1) is 0 Å². The zero-order valence-electron chi connectivity index (χ0n) is 7.96. The van der Waals surface area contributed by atoms with Crippen LogP contribution in [0.2, 0.25) is 0 Å². The summed E-state index contributed by atoms with van der Waals surface area (Å²) in [5.41, 5.74) is 5.77. The molecule has 3 nitrogen and oxygen atoms in total. The largest absolute Gasteiger partial charge is 0.322 e. The Balaban J connectivity index is 2.92. The number of nitrogens with zero attached hydrogens (tertiary/aromatic N) is 2. The van der Waals surface area contributed by atoms with E-state index < -0.39 is 0 Å². The van der Waals surface area contributed by atoms with Gasteiger partial charge in [0.15, 0.2) is 0 Å². The molecule has 0 aromatic carbocycles. The summed E-state index contributed by atoms with van der Waals surface area (Å²) in [6.45, 7) is 8.29. The highest BCUT2D eigenvalue weighted by Crippen LogP contribution is 2.26. The van der Waals surface area contributed by atoms with Gasteiger partial charge in [0.25, 0.3) is 0 Å². The van der Waals surface area contributed by atoms with Gasteiger partial charge in [0, 0.05) is 5.41 Å². The Morgan fingerprint density at radius 3 is 2.17 bits per heavy atom. The first kappa shape index (κ1) is 9.61. The van der Waals surface area contributed by atoms with Gasteiger partial charge in [-0.05, 0) is 6.92 Å². The minimum absolute atomic E-state index is 0.00130. The van der Waals surface area contributed by atoms with Gasteiger partial charge in [-0.3, -0.25) is 0 Å². The van der Waals surface area contributed by atoms with Crippen LogP contribution in [-0.4, -0.2) is 10.2 Å². The fourth-order valence-corrected chi connectivity index (χ4v) is 1.58. The highest BCUT2D eigenvalue weighted by molar-refractivity contribution is 7.11. The lowest BCUT2D eigenvalue weighted by Gasteiger charge is -2.12. The van der Waals surface area contributed by atoms with Crippen molar-refractivity contribution in [2.24, 2.45) is 5.73 Å². The van der Waals surface area contributed by atoms with Crippen LogP contribution in [-0.2, 0) is 5.41 Å². The van der Waals surface area contributed by atoms with Crippen LogP contribution in [0.25, 0.3) is 0 Å². The van der Waals surface area contributed by atoms with Gasteiger partial charge < -0.3 is 5.73 Å². The summed E-state index contributed by atoms with van der Waals surface area (Å²) >= 11 is 1.60. The van der Waals surface area contributed by atoms with Crippen LogP contribution in [0.4, 0.5) is 0 Å². The van der Waals surface area contributed by atoms with Crippen molar-refractivity contribution in [1.29, 1.82) is 0 Å². The molecule has 1 aromatic rings. The smallest absolute Gasteiger partial charge is 0.133 e. The van der Waals surface area contributed by atoms with E-state index in [2.05, 4.69) is 31.0 Å². The molecule has 1 aromatic heterocycles. The maximum atomic E-state index is 5.68. The molecule has 68 valence electrons. The average Bonchev–Trinajstić information content (AvgIpc) is 2.30. The Kier molecular flexibility index (Phi) is 2.49. The van der Waals surface area contributed by atoms with Crippen molar-refractivity contribution in [3.8, 4) is 0 Å². The van der Waals surface area contributed by atoms with Crippen LogP contribution in [0.5, 0.6) is 0 Å². The fourth-order valence-electron chi connectivity index (χ4n) is 0.722. The van der Waals surface area contributed by atoms with E-state index in [0.29, 0.717) is 0 Å². The zero-order chi connectivity index (χ0) is 9.35. The number of aromatic nitrogens is 2. The lowest BCUT2D eigenvalue weighted by Crippen LogP contribution is -2.10. The van der Waals surface area contributed by atoms with Crippen molar-refractivity contribution in [2.45, 2.75) is 39.2 Å². The Bertz CT molecular complexity index is 260. The van der Waals surface area contributed by atoms with Gasteiger partial charge in [-0.1, -0.05) is 32.1 Å². The van der Waals surface area contributed by atoms with Crippen molar-refractivity contribution < 1.29 is 0 Å². The van der Waals surface area contributed by atoms with Gasteiger partial charge in [-0.15, -0.1) is 10.2 Å². The Morgan fingerprint density at radius 2 is 1.92 bits per heavy atom. The maximum absolute atomic E-state index is 5.68. The minimum atomic E-state index is -0.00130. The van der Waals surface area contributed by atoms with Gasteiger partial charge >= 0.3 is 0 Å². The molecule has 1 unspecified atom stereocenters. The first-order valence-corrected chi connectivity index (χ1v) is 4.82. The lowest BCUT2D eigenvalue weighted by molar-refractivity contribution is 0.577. The third-order valence-corrected chi connectivity index (χ3v) is 3.02. The molecule has 0 spiro atoms. The molecular formula is C8H15N3S. The highest BCUT2D eigenvalue weighted by atomic mass is 32.1. The molecule has 0 bridgehead atoms. The average molecular weight is 185 g/mol. The summed E-state index contributed by atoms with van der Waals surface area (Å²) in [6, 6.07) is -0.00130. The Morgan fingerprint density at radius 1 is 1.33 bits per heavy atom. The van der Waals surface area contributed by atoms with Gasteiger partial charge in [-0.2, -0.15) is 0 Å². The molecule has 0 saturated heterocycles. The monoisotopic (exact) mass is 185 g/mol. The molecule has 1 atom stereocenters. The predicted octanol–water partition coefficient (Wildman–Crippen LogP) is 1.86. The van der Waals surface area contributed by atoms with Crippen LogP contribution in [0.3, 0.4) is 0 Å². The summed E-state index contributed by atoms with van der Waals surface area (Å²) in [7, 11) is 0. The maximum Gasteiger partial charge on any atom is 0.133 e. The number of rotatable bonds is 1. The van der Waals surface area contributed by atoms with E-state index in [1.54, 1.807) is 11.3 Å². The van der Waals surface area contributed by atoms with E-state index in [1.165, 1.54) is 0 Å². The quantitative estimate of drug-likeness (QED) is 0.726. The first-order chi connectivity index (χ1) is 5.41. The van der Waals surface area contributed by atoms with Gasteiger partial charge in [-0.25, -0.2) is 0 Å². The third-order valence-electron chi connectivity index (χ3n) is 1.47. The Hall–Kier alpha value is -0.480. The van der Waals surface area contributed by atoms with E-state index in [-0.39, 0.29) is 11.5 Å². The SMILES string of the molecule is CC(N)c1nnc(C(C)(C)C)s1. The summed E-state index contributed by atoms with van der Waals surface area (Å²) in [5.74, 6) is 0. The summed E-state index contributed by atoms with van der Waals surface area (Å²) < 4.78 is 0. The molecule has 0 aliphatic heterocycles. The molecule has 2 N–H and O–H groups in total. The molecular weight excluding hydrogens is 170 g/mol. The highest BCUT2D eigenvalue weighted by Gasteiger charge is 2.19. The zero-order valence-corrected chi connectivity index (χ0v) is 8.77. The molecule has 0 saturated carbocycles. The normalized spacial score (nSPS) is 14.8. The van der Waals surface area contributed by atoms with Crippen LogP contribution in [0.15, 0.2) is 0 Å². The molecule has 0 fully saturated rings. The fraction of sp³-hybridized carbons (Fsp3) is 0.750. The molecule has 1 rings (SSSR count). The predicted molar refractivity (Wildman–Crippen MR) is 51.2 cm³/mol. The second-order valence-electron chi connectivity index (χ2n) is 3.98. The summed E-state index contributed by atoms with van der Waals surface area (Å²) in [4.78, 5) is 0. The summed E-state index contributed by atoms with van der Waals surface area (Å²) in [6.07, 6.45) is 0. The second kappa shape index (κ2) is 3.11. The summed E-state index contributed by atoms with van der Waals surface area (Å²) in [5, 5.41) is 10.1. The molecule has 4 heteroatoms. The van der Waals surface area contributed by atoms with Crippen molar-refractivity contribution in [2.75, 3.05) is 0 Å². The third kappa shape index (κ3) is 2.01. The number of hydrogen-bond acceptors (Lipinski definition) is 4. The van der Waals surface area contributed by atoms with Crippen LogP contribution < -0.4 is 5.73 Å². The second-order valence-corrected chi connectivity index (χ2v) is 4.99. The van der Waals surface area contributed by atoms with E-state index in [0.717, 1.165) is 10.0 Å². The van der Waals surface area contributed by atoms with E-state index in [4.69, 9.17) is 5.73 Å². The molecule has 0 aliphatic rings. The number of nitrogens with two attached hydrogens (primary N) is 1. The van der Waals surface area contributed by atoms with Gasteiger partial charge in [0.05, 0.1) is 6.04 Å². The van der Waals surface area contributed by atoms with Gasteiger partial charge in [0.1, 0.15) is 10.0 Å². The molecule has 0 radical (unpaired) electrons. The molecule has 1 heterocycles. The van der Waals surface area contributed by atoms with Crippen molar-refractivity contribution in [3.63, 3.8) is 0 Å². The lowest BCUT2D eigenvalue weighted by atomic mass is 9.98. The van der Waals surface area contributed by atoms with Crippen LogP contribution >= 0.6 is 11.3 Å². The van der Waals surface area contributed by atoms with E-state index in [9.17, 15) is 0 Å². The van der Waals surface area contributed by atoms with Crippen molar-refractivity contribution in [3.05, 3.63) is 10.0 Å². The molecule has 12 heavy (non-hydrogen) atoms. The Labute approximate surface area is 77.0 Å². The number of hydrogen-bond donors (Lipinski definition) is 1. The minimum Gasteiger partial charge on any atom is -0.322 e. The van der Waals surface area contributed by atoms with Gasteiger partial charge in [0.2, 0.25) is 0 Å². The van der Waals surface area contributed by atoms with Crippen molar-refractivity contribution >= 4 is 11.3 Å². The van der Waals surface area contributed by atoms with E-state index in [1.807, 2.05) is 6.92 Å². The molecule has 0 aliphatic carbocycles. The topological polar surface area (TPSA) is 51.8 Å². The van der Waals surface area contributed by atoms with Crippen LogP contribution in [0.1, 0.15) is 43.8 Å². The van der Waals surface area contributed by atoms with E-state index >= 15 is 0 Å². The van der Waals surface area contributed by atoms with Crippen molar-refractivity contribution in [1.82, 2.24) is 10.2 Å². The standard InChI is InChI=1S/C8H15N3S/c1-5(9)6-10-11-7(12-6)8(2,3)4/h5H,9H2,1-4H3.